The summed E-state index contributed by atoms with van der Waals surface area (Å²) < 4.78 is 11.2. The van der Waals surface area contributed by atoms with Gasteiger partial charge in [0.25, 0.3) is 0 Å². The van der Waals surface area contributed by atoms with Gasteiger partial charge in [0, 0.05) is 11.1 Å². The average molecular weight is 361 g/mol. The van der Waals surface area contributed by atoms with Gasteiger partial charge in [-0.05, 0) is 53.3 Å². The lowest BCUT2D eigenvalue weighted by Crippen LogP contribution is -2.28. The van der Waals surface area contributed by atoms with Crippen LogP contribution in [-0.4, -0.2) is 17.1 Å². The molecule has 1 heterocycles. The number of benzene rings is 2. The van der Waals surface area contributed by atoms with E-state index >= 15 is 0 Å². The van der Waals surface area contributed by atoms with Crippen molar-refractivity contribution in [1.29, 1.82) is 0 Å². The van der Waals surface area contributed by atoms with Crippen molar-refractivity contribution >= 4 is 5.82 Å². The number of rotatable bonds is 4. The van der Waals surface area contributed by atoms with Crippen molar-refractivity contribution in [1.82, 2.24) is 9.97 Å². The molecule has 0 saturated carbocycles. The predicted octanol–water partition coefficient (Wildman–Crippen LogP) is 4.15. The highest BCUT2D eigenvalue weighted by Crippen LogP contribution is 2.44. The Morgan fingerprint density at radius 1 is 1.04 bits per heavy atom. The second-order valence-corrected chi connectivity index (χ2v) is 7.50. The number of hydrogen-bond acceptors (Lipinski definition) is 5. The molecule has 0 saturated heterocycles. The van der Waals surface area contributed by atoms with Gasteiger partial charge in [-0.25, -0.2) is 9.97 Å². The topological polar surface area (TPSA) is 70.3 Å². The van der Waals surface area contributed by atoms with E-state index in [2.05, 4.69) is 35.9 Å². The van der Waals surface area contributed by atoms with E-state index in [9.17, 15) is 0 Å². The maximum atomic E-state index is 6.15. The van der Waals surface area contributed by atoms with Crippen LogP contribution in [0.25, 0.3) is 11.3 Å². The summed E-state index contributed by atoms with van der Waals surface area (Å²) in [5, 5.41) is 0. The molecule has 2 N–H and O–H groups in total. The summed E-state index contributed by atoms with van der Waals surface area (Å²) in [6.45, 7) is 4.87. The number of nitrogen functional groups attached to an aromatic ring is 1. The third-order valence-corrected chi connectivity index (χ3v) is 5.08. The zero-order valence-corrected chi connectivity index (χ0v) is 15.8. The fraction of sp³-hybridized carbons (Fsp3) is 0.273. The van der Waals surface area contributed by atoms with E-state index < -0.39 is 0 Å². The van der Waals surface area contributed by atoms with Gasteiger partial charge in [-0.3, -0.25) is 0 Å². The molecule has 5 nitrogen and oxygen atoms in total. The second-order valence-electron chi connectivity index (χ2n) is 7.50. The van der Waals surface area contributed by atoms with Crippen molar-refractivity contribution in [2.75, 3.05) is 12.8 Å². The molecule has 4 rings (SSSR count). The van der Waals surface area contributed by atoms with Crippen molar-refractivity contribution in [2.24, 2.45) is 0 Å². The molecule has 3 aromatic rings. The number of methoxy groups -OCH3 is 1. The first-order valence-corrected chi connectivity index (χ1v) is 8.98. The fourth-order valence-corrected chi connectivity index (χ4v) is 3.76. The van der Waals surface area contributed by atoms with Gasteiger partial charge >= 0.3 is 0 Å². The zero-order chi connectivity index (χ0) is 19.0. The highest BCUT2D eigenvalue weighted by molar-refractivity contribution is 5.75. The maximum absolute atomic E-state index is 6.15. The normalized spacial score (nSPS) is 14.2. The second kappa shape index (κ2) is 6.58. The minimum Gasteiger partial charge on any atom is -0.497 e. The Labute approximate surface area is 159 Å². The molecular formula is C22H23N3O2. The first-order valence-electron chi connectivity index (χ1n) is 8.98. The maximum Gasteiger partial charge on any atom is 0.131 e. The van der Waals surface area contributed by atoms with Crippen LogP contribution in [0.2, 0.25) is 0 Å². The molecule has 0 fully saturated rings. The first-order chi connectivity index (χ1) is 13.0. The van der Waals surface area contributed by atoms with Crippen LogP contribution in [-0.2, 0) is 18.4 Å². The van der Waals surface area contributed by atoms with E-state index in [1.165, 1.54) is 11.9 Å². The predicted molar refractivity (Wildman–Crippen MR) is 106 cm³/mol. The van der Waals surface area contributed by atoms with E-state index in [4.69, 9.17) is 15.2 Å². The van der Waals surface area contributed by atoms with Crippen LogP contribution in [0.4, 0.5) is 5.82 Å². The molecule has 0 atom stereocenters. The van der Waals surface area contributed by atoms with Crippen LogP contribution in [0.15, 0.2) is 48.8 Å². The lowest BCUT2D eigenvalue weighted by atomic mass is 9.72. The number of hydrogen-bond donors (Lipinski definition) is 1. The third kappa shape index (κ3) is 3.21. The van der Waals surface area contributed by atoms with Gasteiger partial charge in [-0.1, -0.05) is 26.0 Å². The standard InChI is InChI=1S/C22H23N3O2/c1-22(2)11-15-10-17(27-12-14-4-6-16(26-3)7-5-14)8-9-18(15)20-19(22)21(23)25-13-24-20/h4-10,13H,11-12H2,1-3H3,(H2,23,24,25). The molecule has 1 aliphatic rings. The molecule has 2 aromatic carbocycles. The van der Waals surface area contributed by atoms with Crippen LogP contribution >= 0.6 is 0 Å². The Balaban J connectivity index is 1.61. The van der Waals surface area contributed by atoms with Crippen LogP contribution in [0.5, 0.6) is 11.5 Å². The summed E-state index contributed by atoms with van der Waals surface area (Å²) >= 11 is 0. The highest BCUT2D eigenvalue weighted by atomic mass is 16.5. The van der Waals surface area contributed by atoms with E-state index in [0.717, 1.165) is 40.3 Å². The molecule has 0 aliphatic heterocycles. The Morgan fingerprint density at radius 2 is 1.78 bits per heavy atom. The number of nitrogens with two attached hydrogens (primary N) is 1. The molecule has 0 unspecified atom stereocenters. The van der Waals surface area contributed by atoms with Gasteiger partial charge in [-0.15, -0.1) is 0 Å². The van der Waals surface area contributed by atoms with E-state index in [0.29, 0.717) is 12.4 Å². The summed E-state index contributed by atoms with van der Waals surface area (Å²) in [4.78, 5) is 8.70. The number of ether oxygens (including phenoxy) is 2. The van der Waals surface area contributed by atoms with E-state index in [-0.39, 0.29) is 5.41 Å². The van der Waals surface area contributed by atoms with Gasteiger partial charge in [0.2, 0.25) is 0 Å². The minimum absolute atomic E-state index is 0.123. The summed E-state index contributed by atoms with van der Waals surface area (Å²) in [5.74, 6) is 2.26. The molecule has 138 valence electrons. The molecule has 0 amide bonds. The monoisotopic (exact) mass is 361 g/mol. The molecule has 1 aliphatic carbocycles. The van der Waals surface area contributed by atoms with Gasteiger partial charge in [0.15, 0.2) is 0 Å². The SMILES string of the molecule is COc1ccc(COc2ccc3c(c2)CC(C)(C)c2c(N)ncnc2-3)cc1. The van der Waals surface area contributed by atoms with Crippen molar-refractivity contribution in [3.63, 3.8) is 0 Å². The first kappa shape index (κ1) is 17.3. The largest absolute Gasteiger partial charge is 0.497 e. The lowest BCUT2D eigenvalue weighted by molar-refractivity contribution is 0.305. The quantitative estimate of drug-likeness (QED) is 0.756. The van der Waals surface area contributed by atoms with Gasteiger partial charge in [-0.2, -0.15) is 0 Å². The molecule has 0 spiro atoms. The van der Waals surface area contributed by atoms with Gasteiger partial charge < -0.3 is 15.2 Å². The van der Waals surface area contributed by atoms with E-state index in [1.54, 1.807) is 7.11 Å². The summed E-state index contributed by atoms with van der Waals surface area (Å²) in [7, 11) is 1.66. The number of nitrogens with zero attached hydrogens (tertiary/aromatic N) is 2. The number of fused-ring (bicyclic) bond motifs is 3. The third-order valence-electron chi connectivity index (χ3n) is 5.08. The molecule has 0 bridgehead atoms. The molecule has 1 aromatic heterocycles. The molecule has 5 heteroatoms. The van der Waals surface area contributed by atoms with Crippen LogP contribution in [0, 0.1) is 0 Å². The van der Waals surface area contributed by atoms with E-state index in [1.807, 2.05) is 30.3 Å². The highest BCUT2D eigenvalue weighted by Gasteiger charge is 2.34. The van der Waals surface area contributed by atoms with Crippen molar-refractivity contribution in [3.05, 3.63) is 65.5 Å². The number of aromatic nitrogens is 2. The molecular weight excluding hydrogens is 338 g/mol. The average Bonchev–Trinajstić information content (AvgIpc) is 2.66. The Kier molecular flexibility index (Phi) is 4.22. The Bertz CT molecular complexity index is 981. The zero-order valence-electron chi connectivity index (χ0n) is 15.8. The molecule has 0 radical (unpaired) electrons. The Morgan fingerprint density at radius 3 is 2.52 bits per heavy atom. The van der Waals surface area contributed by atoms with Gasteiger partial charge in [0.1, 0.15) is 30.3 Å². The lowest BCUT2D eigenvalue weighted by Gasteiger charge is -2.33. The molecule has 27 heavy (non-hydrogen) atoms. The fourth-order valence-electron chi connectivity index (χ4n) is 3.76. The number of anilines is 1. The minimum atomic E-state index is -0.123. The summed E-state index contributed by atoms with van der Waals surface area (Å²) in [6, 6.07) is 14.1. The van der Waals surface area contributed by atoms with Crippen LogP contribution < -0.4 is 15.2 Å². The Hall–Kier alpha value is -3.08. The summed E-state index contributed by atoms with van der Waals surface area (Å²) in [5.41, 5.74) is 11.4. The summed E-state index contributed by atoms with van der Waals surface area (Å²) in [6.07, 6.45) is 2.40. The van der Waals surface area contributed by atoms with Crippen LogP contribution in [0.3, 0.4) is 0 Å². The van der Waals surface area contributed by atoms with Gasteiger partial charge in [0.05, 0.1) is 12.8 Å². The van der Waals surface area contributed by atoms with Crippen molar-refractivity contribution in [3.8, 4) is 22.8 Å². The smallest absolute Gasteiger partial charge is 0.131 e. The van der Waals surface area contributed by atoms with Crippen molar-refractivity contribution < 1.29 is 9.47 Å². The van der Waals surface area contributed by atoms with Crippen LogP contribution in [0.1, 0.15) is 30.5 Å². The van der Waals surface area contributed by atoms with Crippen molar-refractivity contribution in [2.45, 2.75) is 32.3 Å².